The van der Waals surface area contributed by atoms with Crippen molar-refractivity contribution in [1.82, 2.24) is 5.32 Å². The molecule has 0 bridgehead atoms. The maximum absolute atomic E-state index is 11.6. The van der Waals surface area contributed by atoms with E-state index in [0.717, 1.165) is 0 Å². The first-order valence-electron chi connectivity index (χ1n) is 5.09. The van der Waals surface area contributed by atoms with E-state index in [4.69, 9.17) is 4.74 Å². The smallest absolute Gasteiger partial charge is 0.386 e. The quantitative estimate of drug-likeness (QED) is 0.696. The molecule has 1 aliphatic rings. The molecule has 4 nitrogen and oxygen atoms in total. The van der Waals surface area contributed by atoms with Gasteiger partial charge in [0.05, 0.1) is 12.7 Å². The van der Waals surface area contributed by atoms with Crippen molar-refractivity contribution in [1.29, 1.82) is 0 Å². The molecule has 96 valence electrons. The molecule has 1 aliphatic heterocycles. The van der Waals surface area contributed by atoms with Gasteiger partial charge in [0.2, 0.25) is 0 Å². The Balaban J connectivity index is 2.11. The van der Waals surface area contributed by atoms with E-state index in [2.05, 4.69) is 10.1 Å². The lowest BCUT2D eigenvalue weighted by molar-refractivity contribution is -0.323. The van der Waals surface area contributed by atoms with Crippen LogP contribution in [-0.2, 0) is 9.47 Å². The lowest BCUT2D eigenvalue weighted by atomic mass is 9.97. The summed E-state index contributed by atoms with van der Waals surface area (Å²) in [6.07, 6.45) is -4.41. The number of halogens is 3. The molecule has 7 heteroatoms. The first kappa shape index (κ1) is 13.7. The molecular weight excluding hydrogens is 227 g/mol. The lowest BCUT2D eigenvalue weighted by Gasteiger charge is -2.26. The molecule has 0 saturated carbocycles. The Labute approximate surface area is 91.7 Å². The zero-order chi connectivity index (χ0) is 12.2. The second-order valence-corrected chi connectivity index (χ2v) is 3.84. The number of alkyl halides is 3. The van der Waals surface area contributed by atoms with Crippen LogP contribution >= 0.6 is 0 Å². The fourth-order valence-corrected chi connectivity index (χ4v) is 1.55. The van der Waals surface area contributed by atoms with Gasteiger partial charge in [-0.1, -0.05) is 0 Å². The van der Waals surface area contributed by atoms with Crippen LogP contribution in [0.2, 0.25) is 0 Å². The molecular formula is C9H16F3NO3. The summed E-state index contributed by atoms with van der Waals surface area (Å²) < 4.78 is 43.6. The number of rotatable bonds is 5. The van der Waals surface area contributed by atoms with E-state index in [1.807, 2.05) is 0 Å². The molecule has 2 N–H and O–H groups in total. The summed E-state index contributed by atoms with van der Waals surface area (Å²) >= 11 is 0. The zero-order valence-corrected chi connectivity index (χ0v) is 9.01. The van der Waals surface area contributed by atoms with Crippen LogP contribution in [0.5, 0.6) is 0 Å². The van der Waals surface area contributed by atoms with E-state index in [-0.39, 0.29) is 19.2 Å². The molecule has 16 heavy (non-hydrogen) atoms. The van der Waals surface area contributed by atoms with Crippen LogP contribution in [0.1, 0.15) is 13.3 Å². The Morgan fingerprint density at radius 1 is 1.56 bits per heavy atom. The second kappa shape index (κ2) is 5.31. The zero-order valence-electron chi connectivity index (χ0n) is 9.01. The van der Waals surface area contributed by atoms with Gasteiger partial charge >= 0.3 is 6.36 Å². The van der Waals surface area contributed by atoms with Gasteiger partial charge in [-0.2, -0.15) is 0 Å². The Bertz CT molecular complexity index is 225. The SMILES string of the molecule is CC1OCCC1(O)CNCCOC(F)(F)F. The van der Waals surface area contributed by atoms with Crippen LogP contribution in [0, 0.1) is 0 Å². The maximum Gasteiger partial charge on any atom is 0.522 e. The fraction of sp³-hybridized carbons (Fsp3) is 1.00. The highest BCUT2D eigenvalue weighted by Crippen LogP contribution is 2.24. The third-order valence-corrected chi connectivity index (χ3v) is 2.64. The molecule has 0 aromatic rings. The minimum atomic E-state index is -4.59. The van der Waals surface area contributed by atoms with Gasteiger partial charge in [0.1, 0.15) is 5.60 Å². The van der Waals surface area contributed by atoms with Crippen molar-refractivity contribution in [2.75, 3.05) is 26.3 Å². The monoisotopic (exact) mass is 243 g/mol. The van der Waals surface area contributed by atoms with Crippen LogP contribution in [-0.4, -0.2) is 49.5 Å². The van der Waals surface area contributed by atoms with Crippen LogP contribution in [0.4, 0.5) is 13.2 Å². The molecule has 0 radical (unpaired) electrons. The summed E-state index contributed by atoms with van der Waals surface area (Å²) in [5, 5.41) is 12.7. The molecule has 1 fully saturated rings. The van der Waals surface area contributed by atoms with Gasteiger partial charge < -0.3 is 15.2 Å². The van der Waals surface area contributed by atoms with Gasteiger partial charge in [-0.05, 0) is 6.92 Å². The van der Waals surface area contributed by atoms with Crippen LogP contribution in [0.15, 0.2) is 0 Å². The van der Waals surface area contributed by atoms with E-state index >= 15 is 0 Å². The van der Waals surface area contributed by atoms with Crippen molar-refractivity contribution < 1.29 is 27.8 Å². The van der Waals surface area contributed by atoms with E-state index in [1.165, 1.54) is 0 Å². The highest BCUT2D eigenvalue weighted by Gasteiger charge is 2.39. The molecule has 2 atom stereocenters. The molecule has 0 aliphatic carbocycles. The average Bonchev–Trinajstić information content (AvgIpc) is 2.45. The highest BCUT2D eigenvalue weighted by molar-refractivity contribution is 4.91. The van der Waals surface area contributed by atoms with Gasteiger partial charge in [0.15, 0.2) is 0 Å². The number of hydrogen-bond acceptors (Lipinski definition) is 4. The topological polar surface area (TPSA) is 50.7 Å². The summed E-state index contributed by atoms with van der Waals surface area (Å²) in [5.74, 6) is 0. The number of hydrogen-bond donors (Lipinski definition) is 2. The summed E-state index contributed by atoms with van der Waals surface area (Å²) in [6, 6.07) is 0. The third-order valence-electron chi connectivity index (χ3n) is 2.64. The molecule has 1 rings (SSSR count). The minimum absolute atomic E-state index is 0.0363. The van der Waals surface area contributed by atoms with E-state index in [0.29, 0.717) is 13.0 Å². The Kier molecular flexibility index (Phi) is 4.54. The van der Waals surface area contributed by atoms with E-state index < -0.39 is 18.6 Å². The van der Waals surface area contributed by atoms with Gasteiger partial charge in [-0.3, -0.25) is 4.74 Å². The molecule has 1 heterocycles. The van der Waals surface area contributed by atoms with Crippen molar-refractivity contribution in [3.8, 4) is 0 Å². The van der Waals surface area contributed by atoms with Gasteiger partial charge in [-0.15, -0.1) is 13.2 Å². The minimum Gasteiger partial charge on any atom is -0.386 e. The predicted molar refractivity (Wildman–Crippen MR) is 49.9 cm³/mol. The Hall–Kier alpha value is -0.370. The number of ether oxygens (including phenoxy) is 2. The first-order valence-corrected chi connectivity index (χ1v) is 5.09. The van der Waals surface area contributed by atoms with Crippen molar-refractivity contribution in [2.24, 2.45) is 0 Å². The van der Waals surface area contributed by atoms with Crippen molar-refractivity contribution in [3.05, 3.63) is 0 Å². The van der Waals surface area contributed by atoms with Crippen molar-refractivity contribution in [3.63, 3.8) is 0 Å². The number of aliphatic hydroxyl groups is 1. The summed E-state index contributed by atoms with van der Waals surface area (Å²) in [7, 11) is 0. The summed E-state index contributed by atoms with van der Waals surface area (Å²) in [4.78, 5) is 0. The van der Waals surface area contributed by atoms with Gasteiger partial charge in [-0.25, -0.2) is 0 Å². The number of nitrogens with one attached hydrogen (secondary N) is 1. The molecule has 0 aromatic carbocycles. The van der Waals surface area contributed by atoms with Gasteiger partial charge in [0, 0.05) is 26.1 Å². The third kappa shape index (κ3) is 4.25. The lowest BCUT2D eigenvalue weighted by Crippen LogP contribution is -2.46. The standard InChI is InChI=1S/C9H16F3NO3/c1-7-8(14,2-4-15-7)6-13-3-5-16-9(10,11)12/h7,13-14H,2-6H2,1H3. The second-order valence-electron chi connectivity index (χ2n) is 3.84. The van der Waals surface area contributed by atoms with E-state index in [1.54, 1.807) is 6.92 Å². The summed E-state index contributed by atoms with van der Waals surface area (Å²) in [6.45, 7) is 1.98. The van der Waals surface area contributed by atoms with Crippen LogP contribution in [0.3, 0.4) is 0 Å². The van der Waals surface area contributed by atoms with Crippen molar-refractivity contribution in [2.45, 2.75) is 31.4 Å². The van der Waals surface area contributed by atoms with E-state index in [9.17, 15) is 18.3 Å². The van der Waals surface area contributed by atoms with Gasteiger partial charge in [0.25, 0.3) is 0 Å². The maximum atomic E-state index is 11.6. The van der Waals surface area contributed by atoms with Crippen LogP contribution in [0.25, 0.3) is 0 Å². The van der Waals surface area contributed by atoms with Crippen LogP contribution < -0.4 is 5.32 Å². The predicted octanol–water partition coefficient (Wildman–Crippen LogP) is 0.652. The molecule has 1 saturated heterocycles. The molecule has 0 aromatic heterocycles. The summed E-state index contributed by atoms with van der Waals surface area (Å²) in [5.41, 5.74) is -0.988. The highest BCUT2D eigenvalue weighted by atomic mass is 19.4. The Morgan fingerprint density at radius 2 is 2.25 bits per heavy atom. The Morgan fingerprint density at radius 3 is 2.75 bits per heavy atom. The average molecular weight is 243 g/mol. The normalized spacial score (nSPS) is 30.9. The molecule has 2 unspecified atom stereocenters. The largest absolute Gasteiger partial charge is 0.522 e. The first-order chi connectivity index (χ1) is 7.33. The molecule has 0 amide bonds. The van der Waals surface area contributed by atoms with Crippen molar-refractivity contribution >= 4 is 0 Å². The fourth-order valence-electron chi connectivity index (χ4n) is 1.55. The molecule has 0 spiro atoms.